The minimum atomic E-state index is -0.110. The van der Waals surface area contributed by atoms with E-state index in [4.69, 9.17) is 0 Å². The second-order valence-corrected chi connectivity index (χ2v) is 2.45. The number of anilines is 1. The second kappa shape index (κ2) is 3.76. The Morgan fingerprint density at radius 3 is 2.42 bits per heavy atom. The fourth-order valence-electron chi connectivity index (χ4n) is 0.937. The molecule has 0 saturated heterocycles. The van der Waals surface area contributed by atoms with Gasteiger partial charge in [-0.25, -0.2) is 4.79 Å². The van der Waals surface area contributed by atoms with Crippen LogP contribution in [0.15, 0.2) is 30.3 Å². The Morgan fingerprint density at radius 2 is 1.92 bits per heavy atom. The lowest BCUT2D eigenvalue weighted by Crippen LogP contribution is -2.34. The molecule has 0 heterocycles. The minimum Gasteiger partial charge on any atom is -0.341 e. The Hall–Kier alpha value is -1.51. The fourth-order valence-corrected chi connectivity index (χ4v) is 0.937. The highest BCUT2D eigenvalue weighted by Crippen LogP contribution is 2.10. The molecule has 0 radical (unpaired) electrons. The molecule has 3 heteroatoms. The predicted octanol–water partition coefficient (Wildman–Crippen LogP) is 1.46. The zero-order chi connectivity index (χ0) is 8.97. The SMILES string of the molecule is CNC(=O)N(C)c1ccccc1. The molecule has 0 aliphatic heterocycles. The standard InChI is InChI=1S/C9H12N2O/c1-10-9(12)11(2)8-6-4-3-5-7-8/h3-7H,1-2H3,(H,10,12). The predicted molar refractivity (Wildman–Crippen MR) is 49.3 cm³/mol. The van der Waals surface area contributed by atoms with Crippen LogP contribution in [0.5, 0.6) is 0 Å². The molecule has 0 fully saturated rings. The van der Waals surface area contributed by atoms with Gasteiger partial charge in [-0.15, -0.1) is 0 Å². The summed E-state index contributed by atoms with van der Waals surface area (Å²) in [6.07, 6.45) is 0. The van der Waals surface area contributed by atoms with E-state index in [-0.39, 0.29) is 6.03 Å². The van der Waals surface area contributed by atoms with Gasteiger partial charge in [-0.3, -0.25) is 4.90 Å². The number of rotatable bonds is 1. The Morgan fingerprint density at radius 1 is 1.33 bits per heavy atom. The van der Waals surface area contributed by atoms with Crippen LogP contribution in [-0.2, 0) is 0 Å². The molecule has 1 aromatic rings. The van der Waals surface area contributed by atoms with Gasteiger partial charge in [-0.1, -0.05) is 18.2 Å². The summed E-state index contributed by atoms with van der Waals surface area (Å²) in [5.74, 6) is 0. The van der Waals surface area contributed by atoms with Crippen LogP contribution in [-0.4, -0.2) is 20.1 Å². The van der Waals surface area contributed by atoms with Gasteiger partial charge in [-0.2, -0.15) is 0 Å². The van der Waals surface area contributed by atoms with Crippen molar-refractivity contribution in [2.24, 2.45) is 0 Å². The largest absolute Gasteiger partial charge is 0.341 e. The number of carbonyl (C=O) groups excluding carboxylic acids is 1. The third-order valence-corrected chi connectivity index (χ3v) is 1.66. The van der Waals surface area contributed by atoms with E-state index in [1.165, 1.54) is 0 Å². The van der Waals surface area contributed by atoms with Crippen LogP contribution in [0.2, 0.25) is 0 Å². The average molecular weight is 164 g/mol. The van der Waals surface area contributed by atoms with Gasteiger partial charge in [-0.05, 0) is 12.1 Å². The molecule has 0 aliphatic rings. The Labute approximate surface area is 72.0 Å². The number of para-hydroxylation sites is 1. The average Bonchev–Trinajstić information content (AvgIpc) is 2.17. The summed E-state index contributed by atoms with van der Waals surface area (Å²) in [4.78, 5) is 12.7. The van der Waals surface area contributed by atoms with Crippen LogP contribution in [0.4, 0.5) is 10.5 Å². The van der Waals surface area contributed by atoms with E-state index in [1.54, 1.807) is 19.0 Å². The first-order valence-electron chi connectivity index (χ1n) is 3.76. The van der Waals surface area contributed by atoms with Crippen LogP contribution >= 0.6 is 0 Å². The lowest BCUT2D eigenvalue weighted by atomic mass is 10.3. The Balaban J connectivity index is 2.78. The molecule has 0 saturated carbocycles. The van der Waals surface area contributed by atoms with E-state index in [2.05, 4.69) is 5.32 Å². The molecule has 3 nitrogen and oxygen atoms in total. The summed E-state index contributed by atoms with van der Waals surface area (Å²) < 4.78 is 0. The zero-order valence-electron chi connectivity index (χ0n) is 7.24. The van der Waals surface area contributed by atoms with Gasteiger partial charge in [0.1, 0.15) is 0 Å². The smallest absolute Gasteiger partial charge is 0.321 e. The fraction of sp³-hybridized carbons (Fsp3) is 0.222. The molecule has 0 aliphatic carbocycles. The maximum Gasteiger partial charge on any atom is 0.321 e. The third-order valence-electron chi connectivity index (χ3n) is 1.66. The van der Waals surface area contributed by atoms with E-state index in [9.17, 15) is 4.79 Å². The number of amides is 2. The van der Waals surface area contributed by atoms with Gasteiger partial charge >= 0.3 is 6.03 Å². The molecule has 64 valence electrons. The van der Waals surface area contributed by atoms with Gasteiger partial charge in [0.25, 0.3) is 0 Å². The third kappa shape index (κ3) is 1.75. The number of hydrogen-bond donors (Lipinski definition) is 1. The Kier molecular flexibility index (Phi) is 2.69. The van der Waals surface area contributed by atoms with Crippen molar-refractivity contribution in [1.82, 2.24) is 5.32 Å². The molecule has 1 N–H and O–H groups in total. The van der Waals surface area contributed by atoms with Crippen LogP contribution in [0.3, 0.4) is 0 Å². The number of nitrogens with zero attached hydrogens (tertiary/aromatic N) is 1. The highest BCUT2D eigenvalue weighted by atomic mass is 16.2. The summed E-state index contributed by atoms with van der Waals surface area (Å²) in [6.45, 7) is 0. The molecule has 0 spiro atoms. The number of hydrogen-bond acceptors (Lipinski definition) is 1. The molecule has 1 rings (SSSR count). The number of urea groups is 1. The normalized spacial score (nSPS) is 9.17. The first kappa shape index (κ1) is 8.59. The highest BCUT2D eigenvalue weighted by molar-refractivity contribution is 5.91. The molecular formula is C9H12N2O. The van der Waals surface area contributed by atoms with Crippen molar-refractivity contribution in [2.75, 3.05) is 19.0 Å². The van der Waals surface area contributed by atoms with E-state index < -0.39 is 0 Å². The van der Waals surface area contributed by atoms with Crippen LogP contribution in [0.25, 0.3) is 0 Å². The van der Waals surface area contributed by atoms with E-state index >= 15 is 0 Å². The lowest BCUT2D eigenvalue weighted by Gasteiger charge is -2.15. The van der Waals surface area contributed by atoms with Crippen molar-refractivity contribution in [2.45, 2.75) is 0 Å². The minimum absolute atomic E-state index is 0.110. The van der Waals surface area contributed by atoms with Crippen LogP contribution in [0.1, 0.15) is 0 Å². The van der Waals surface area contributed by atoms with Crippen molar-refractivity contribution in [1.29, 1.82) is 0 Å². The second-order valence-electron chi connectivity index (χ2n) is 2.45. The van der Waals surface area contributed by atoms with Crippen molar-refractivity contribution in [3.8, 4) is 0 Å². The molecule has 0 atom stereocenters. The molecule has 0 bridgehead atoms. The molecule has 2 amide bonds. The van der Waals surface area contributed by atoms with Gasteiger partial charge in [0.2, 0.25) is 0 Å². The molecule has 0 unspecified atom stereocenters. The van der Waals surface area contributed by atoms with Gasteiger partial charge < -0.3 is 5.32 Å². The maximum absolute atomic E-state index is 11.1. The van der Waals surface area contributed by atoms with Gasteiger partial charge in [0, 0.05) is 19.8 Å². The van der Waals surface area contributed by atoms with Crippen molar-refractivity contribution in [3.63, 3.8) is 0 Å². The van der Waals surface area contributed by atoms with Gasteiger partial charge in [0.15, 0.2) is 0 Å². The van der Waals surface area contributed by atoms with Crippen molar-refractivity contribution >= 4 is 11.7 Å². The molecule has 0 aromatic heterocycles. The van der Waals surface area contributed by atoms with E-state index in [1.807, 2.05) is 30.3 Å². The van der Waals surface area contributed by atoms with Crippen LogP contribution in [0, 0.1) is 0 Å². The summed E-state index contributed by atoms with van der Waals surface area (Å²) >= 11 is 0. The first-order valence-corrected chi connectivity index (χ1v) is 3.76. The molecular weight excluding hydrogens is 152 g/mol. The number of benzene rings is 1. The van der Waals surface area contributed by atoms with E-state index in [0.29, 0.717) is 0 Å². The maximum atomic E-state index is 11.1. The number of carbonyl (C=O) groups is 1. The summed E-state index contributed by atoms with van der Waals surface area (Å²) in [5.41, 5.74) is 0.886. The first-order chi connectivity index (χ1) is 5.75. The summed E-state index contributed by atoms with van der Waals surface area (Å²) in [6, 6.07) is 9.37. The quantitative estimate of drug-likeness (QED) is 0.669. The molecule has 12 heavy (non-hydrogen) atoms. The highest BCUT2D eigenvalue weighted by Gasteiger charge is 2.06. The van der Waals surface area contributed by atoms with Crippen molar-refractivity contribution < 1.29 is 4.79 Å². The van der Waals surface area contributed by atoms with Crippen LogP contribution < -0.4 is 10.2 Å². The number of nitrogens with one attached hydrogen (secondary N) is 1. The monoisotopic (exact) mass is 164 g/mol. The summed E-state index contributed by atoms with van der Waals surface area (Å²) in [7, 11) is 3.34. The van der Waals surface area contributed by atoms with Gasteiger partial charge in [0.05, 0.1) is 0 Å². The Bertz CT molecular complexity index is 258. The van der Waals surface area contributed by atoms with Crippen molar-refractivity contribution in [3.05, 3.63) is 30.3 Å². The topological polar surface area (TPSA) is 32.3 Å². The lowest BCUT2D eigenvalue weighted by molar-refractivity contribution is 0.249. The van der Waals surface area contributed by atoms with E-state index in [0.717, 1.165) is 5.69 Å². The summed E-state index contributed by atoms with van der Waals surface area (Å²) in [5, 5.41) is 2.55. The zero-order valence-corrected chi connectivity index (χ0v) is 7.24. The molecule has 1 aromatic carbocycles.